The number of nitrogens with zero attached hydrogens (tertiary/aromatic N) is 2. The summed E-state index contributed by atoms with van der Waals surface area (Å²) in [5, 5.41) is 11.7. The highest BCUT2D eigenvalue weighted by Crippen LogP contribution is 2.48. The van der Waals surface area contributed by atoms with E-state index in [9.17, 15) is 4.79 Å². The number of carbonyl (C=O) groups excluding carboxylic acids is 1. The summed E-state index contributed by atoms with van der Waals surface area (Å²) in [6, 6.07) is 0.283. The molecule has 0 aromatic heterocycles. The van der Waals surface area contributed by atoms with Crippen LogP contribution in [0.1, 0.15) is 39.0 Å². The largest absolute Gasteiger partial charge is 0.409 e. The van der Waals surface area contributed by atoms with Crippen molar-refractivity contribution in [3.05, 3.63) is 0 Å². The lowest BCUT2D eigenvalue weighted by Crippen LogP contribution is -2.49. The van der Waals surface area contributed by atoms with Gasteiger partial charge in [0.15, 0.2) is 5.84 Å². The molecule has 1 saturated heterocycles. The topological polar surface area (TPSA) is 78.9 Å². The number of hydrogen-bond acceptors (Lipinski definition) is 3. The van der Waals surface area contributed by atoms with Crippen molar-refractivity contribution in [1.82, 2.24) is 4.90 Å². The van der Waals surface area contributed by atoms with Gasteiger partial charge in [-0.3, -0.25) is 4.79 Å². The van der Waals surface area contributed by atoms with E-state index in [0.29, 0.717) is 12.8 Å². The molecule has 0 aromatic carbocycles. The number of amides is 1. The van der Waals surface area contributed by atoms with Gasteiger partial charge in [-0.1, -0.05) is 5.16 Å². The summed E-state index contributed by atoms with van der Waals surface area (Å²) in [5.74, 6) is 0.130. The molecule has 1 saturated carbocycles. The average Bonchev–Trinajstić information content (AvgIpc) is 3.09. The molecule has 1 amide bonds. The summed E-state index contributed by atoms with van der Waals surface area (Å²) in [6.07, 6.45) is 4.72. The standard InChI is InChI=1S/C11H19N3O2/c1-8-4-2-3-7-14(8)10(15)11(5-6-11)9(12)13-16/h8,16H,2-7H2,1H3,(H2,12,13). The van der Waals surface area contributed by atoms with Gasteiger partial charge in [-0.15, -0.1) is 0 Å². The summed E-state index contributed by atoms with van der Waals surface area (Å²) in [7, 11) is 0. The Balaban J connectivity index is 2.13. The molecule has 5 heteroatoms. The quantitative estimate of drug-likeness (QED) is 0.317. The van der Waals surface area contributed by atoms with Crippen LogP contribution in [0.25, 0.3) is 0 Å². The molecule has 90 valence electrons. The zero-order chi connectivity index (χ0) is 11.8. The lowest BCUT2D eigenvalue weighted by molar-refractivity contribution is -0.137. The molecule has 1 heterocycles. The summed E-state index contributed by atoms with van der Waals surface area (Å²) in [6.45, 7) is 2.87. The Labute approximate surface area is 95.3 Å². The third-order valence-corrected chi connectivity index (χ3v) is 3.82. The molecule has 3 N–H and O–H groups in total. The lowest BCUT2D eigenvalue weighted by Gasteiger charge is -2.35. The van der Waals surface area contributed by atoms with Gasteiger partial charge in [0.1, 0.15) is 5.41 Å². The van der Waals surface area contributed by atoms with Crippen LogP contribution in [-0.2, 0) is 4.79 Å². The van der Waals surface area contributed by atoms with Gasteiger partial charge < -0.3 is 15.8 Å². The van der Waals surface area contributed by atoms with E-state index >= 15 is 0 Å². The zero-order valence-corrected chi connectivity index (χ0v) is 9.65. The monoisotopic (exact) mass is 225 g/mol. The van der Waals surface area contributed by atoms with Crippen LogP contribution in [-0.4, -0.2) is 34.4 Å². The lowest BCUT2D eigenvalue weighted by atomic mass is 9.98. The maximum atomic E-state index is 12.3. The van der Waals surface area contributed by atoms with E-state index in [1.807, 2.05) is 4.90 Å². The van der Waals surface area contributed by atoms with Gasteiger partial charge in [-0.05, 0) is 39.0 Å². The molecule has 0 radical (unpaired) electrons. The van der Waals surface area contributed by atoms with Crippen molar-refractivity contribution in [3.63, 3.8) is 0 Å². The average molecular weight is 225 g/mol. The molecule has 1 unspecified atom stereocenters. The third-order valence-electron chi connectivity index (χ3n) is 3.82. The number of piperidine rings is 1. The molecular weight excluding hydrogens is 206 g/mol. The number of nitrogens with two attached hydrogens (primary N) is 1. The Kier molecular flexibility index (Phi) is 2.78. The van der Waals surface area contributed by atoms with Crippen LogP contribution < -0.4 is 5.73 Å². The number of oxime groups is 1. The second-order valence-corrected chi connectivity index (χ2v) is 4.91. The molecule has 16 heavy (non-hydrogen) atoms. The number of rotatable bonds is 2. The molecule has 2 rings (SSSR count). The first kappa shape index (κ1) is 11.2. The van der Waals surface area contributed by atoms with E-state index < -0.39 is 5.41 Å². The van der Waals surface area contributed by atoms with Crippen LogP contribution in [0.4, 0.5) is 0 Å². The molecule has 2 aliphatic rings. The molecule has 2 fully saturated rings. The molecule has 5 nitrogen and oxygen atoms in total. The number of hydrogen-bond donors (Lipinski definition) is 2. The van der Waals surface area contributed by atoms with Crippen molar-refractivity contribution < 1.29 is 10.0 Å². The zero-order valence-electron chi connectivity index (χ0n) is 9.65. The molecule has 0 spiro atoms. The fourth-order valence-corrected chi connectivity index (χ4v) is 2.48. The minimum absolute atomic E-state index is 0.0509. The highest BCUT2D eigenvalue weighted by atomic mass is 16.4. The van der Waals surface area contributed by atoms with E-state index in [2.05, 4.69) is 12.1 Å². The van der Waals surface area contributed by atoms with Crippen LogP contribution in [0.3, 0.4) is 0 Å². The van der Waals surface area contributed by atoms with Crippen molar-refractivity contribution in [1.29, 1.82) is 0 Å². The van der Waals surface area contributed by atoms with Gasteiger partial charge in [0, 0.05) is 12.6 Å². The molecular formula is C11H19N3O2. The first-order valence-electron chi connectivity index (χ1n) is 5.91. The minimum Gasteiger partial charge on any atom is -0.409 e. The van der Waals surface area contributed by atoms with E-state index in [4.69, 9.17) is 10.9 Å². The Morgan fingerprint density at radius 2 is 2.19 bits per heavy atom. The molecule has 0 aromatic rings. The number of carbonyl (C=O) groups is 1. The second kappa shape index (κ2) is 3.96. The summed E-state index contributed by atoms with van der Waals surface area (Å²) >= 11 is 0. The number of likely N-dealkylation sites (tertiary alicyclic amines) is 1. The van der Waals surface area contributed by atoms with Crippen LogP contribution in [0, 0.1) is 5.41 Å². The Hall–Kier alpha value is -1.26. The Morgan fingerprint density at radius 1 is 1.50 bits per heavy atom. The van der Waals surface area contributed by atoms with Gasteiger partial charge >= 0.3 is 0 Å². The third kappa shape index (κ3) is 1.64. The van der Waals surface area contributed by atoms with Gasteiger partial charge in [0.25, 0.3) is 0 Å². The highest BCUT2D eigenvalue weighted by molar-refractivity contribution is 6.09. The van der Waals surface area contributed by atoms with Gasteiger partial charge in [0.05, 0.1) is 0 Å². The molecule has 0 bridgehead atoms. The first-order chi connectivity index (χ1) is 7.62. The van der Waals surface area contributed by atoms with Gasteiger partial charge in [-0.25, -0.2) is 0 Å². The molecule has 1 aliphatic heterocycles. The predicted octanol–water partition coefficient (Wildman–Crippen LogP) is 0.914. The SMILES string of the molecule is CC1CCCCN1C(=O)C1(C(N)=NO)CC1. The first-order valence-corrected chi connectivity index (χ1v) is 5.91. The van der Waals surface area contributed by atoms with E-state index in [-0.39, 0.29) is 17.8 Å². The highest BCUT2D eigenvalue weighted by Gasteiger charge is 2.56. The molecule has 1 atom stereocenters. The summed E-state index contributed by atoms with van der Waals surface area (Å²) in [4.78, 5) is 14.2. The number of amidine groups is 1. The van der Waals surface area contributed by atoms with Crippen molar-refractivity contribution in [2.24, 2.45) is 16.3 Å². The van der Waals surface area contributed by atoms with Gasteiger partial charge in [0.2, 0.25) is 5.91 Å². The normalized spacial score (nSPS) is 28.9. The van der Waals surface area contributed by atoms with Crippen molar-refractivity contribution in [3.8, 4) is 0 Å². The van der Waals surface area contributed by atoms with Crippen LogP contribution in [0.2, 0.25) is 0 Å². The summed E-state index contributed by atoms with van der Waals surface area (Å²) < 4.78 is 0. The van der Waals surface area contributed by atoms with E-state index in [1.165, 1.54) is 6.42 Å². The minimum atomic E-state index is -0.680. The smallest absolute Gasteiger partial charge is 0.236 e. The van der Waals surface area contributed by atoms with E-state index in [0.717, 1.165) is 19.4 Å². The second-order valence-electron chi connectivity index (χ2n) is 4.91. The van der Waals surface area contributed by atoms with Crippen molar-refractivity contribution in [2.45, 2.75) is 45.1 Å². The van der Waals surface area contributed by atoms with Crippen LogP contribution >= 0.6 is 0 Å². The Morgan fingerprint density at radius 3 is 2.69 bits per heavy atom. The maximum absolute atomic E-state index is 12.3. The van der Waals surface area contributed by atoms with Crippen molar-refractivity contribution >= 4 is 11.7 Å². The molecule has 1 aliphatic carbocycles. The maximum Gasteiger partial charge on any atom is 0.236 e. The summed E-state index contributed by atoms with van der Waals surface area (Å²) in [5.41, 5.74) is 4.94. The van der Waals surface area contributed by atoms with Gasteiger partial charge in [-0.2, -0.15) is 0 Å². The van der Waals surface area contributed by atoms with E-state index in [1.54, 1.807) is 0 Å². The fraction of sp³-hybridized carbons (Fsp3) is 0.818. The fourth-order valence-electron chi connectivity index (χ4n) is 2.48. The van der Waals surface area contributed by atoms with Crippen LogP contribution in [0.15, 0.2) is 5.16 Å². The Bertz CT molecular complexity index is 323. The predicted molar refractivity (Wildman–Crippen MR) is 60.1 cm³/mol. The van der Waals surface area contributed by atoms with Crippen molar-refractivity contribution in [2.75, 3.05) is 6.54 Å². The van der Waals surface area contributed by atoms with Crippen LogP contribution in [0.5, 0.6) is 0 Å².